The Morgan fingerprint density at radius 1 is 1.21 bits per heavy atom. The zero-order valence-corrected chi connectivity index (χ0v) is 20.4. The predicted octanol–water partition coefficient (Wildman–Crippen LogP) is 6.39. The highest BCUT2D eigenvalue weighted by molar-refractivity contribution is 7.98. The number of halogens is 2. The minimum Gasteiger partial charge on any atom is -0.438 e. The van der Waals surface area contributed by atoms with Gasteiger partial charge in [0.25, 0.3) is 0 Å². The molecule has 8 heteroatoms. The maximum atomic E-state index is 13.9. The van der Waals surface area contributed by atoms with Crippen LogP contribution in [0, 0.1) is 11.7 Å². The number of alkyl halides is 1. The molecule has 1 amide bonds. The third kappa shape index (κ3) is 8.00. The number of amides is 1. The Labute approximate surface area is 203 Å². The van der Waals surface area contributed by atoms with Crippen LogP contribution < -0.4 is 10.1 Å². The van der Waals surface area contributed by atoms with Crippen molar-refractivity contribution in [1.82, 2.24) is 10.3 Å². The lowest BCUT2D eigenvalue weighted by Crippen LogP contribution is -2.37. The van der Waals surface area contributed by atoms with E-state index in [0.717, 1.165) is 49.6 Å². The van der Waals surface area contributed by atoms with E-state index in [4.69, 9.17) is 16.3 Å². The van der Waals surface area contributed by atoms with E-state index in [-0.39, 0.29) is 35.1 Å². The Hall–Kier alpha value is -2.12. The monoisotopic (exact) mass is 492 g/mol. The zero-order valence-electron chi connectivity index (χ0n) is 18.8. The van der Waals surface area contributed by atoms with Crippen molar-refractivity contribution >= 4 is 35.1 Å². The molecular formula is C25H30ClFN2O3S. The standard InChI is InChI=1S/C25H30ClFN2O3S/c1-33-21-6-4-5-20(15-21)32-25-22(14-18(27)16-28-25)23(30)13-17-8-10-19(11-9-17)29-24(31)7-2-3-12-26/h4-6,14-17,19H,2-3,7-13H2,1H3,(H,29,31)/t17-,19+. The molecule has 1 aliphatic carbocycles. The Kier molecular flexibility index (Phi) is 10.0. The van der Waals surface area contributed by atoms with E-state index >= 15 is 0 Å². The number of carbonyl (C=O) groups is 2. The molecule has 0 atom stereocenters. The molecule has 1 N–H and O–H groups in total. The first kappa shape index (κ1) is 25.5. The van der Waals surface area contributed by atoms with Crippen LogP contribution in [0.4, 0.5) is 4.39 Å². The van der Waals surface area contributed by atoms with Gasteiger partial charge in [0.1, 0.15) is 11.6 Å². The number of hydrogen-bond donors (Lipinski definition) is 1. The van der Waals surface area contributed by atoms with Crippen LogP contribution in [0.5, 0.6) is 11.6 Å². The highest BCUT2D eigenvalue weighted by atomic mass is 35.5. The molecule has 33 heavy (non-hydrogen) atoms. The Morgan fingerprint density at radius 3 is 2.73 bits per heavy atom. The van der Waals surface area contributed by atoms with Gasteiger partial charge in [0.2, 0.25) is 11.8 Å². The third-order valence-electron chi connectivity index (χ3n) is 5.85. The molecule has 5 nitrogen and oxygen atoms in total. The third-order valence-corrected chi connectivity index (χ3v) is 6.84. The normalized spacial score (nSPS) is 18.0. The summed E-state index contributed by atoms with van der Waals surface area (Å²) in [6.45, 7) is 0. The van der Waals surface area contributed by atoms with Crippen molar-refractivity contribution in [2.75, 3.05) is 12.1 Å². The number of aromatic nitrogens is 1. The van der Waals surface area contributed by atoms with Crippen molar-refractivity contribution in [3.63, 3.8) is 0 Å². The van der Waals surface area contributed by atoms with Crippen LogP contribution in [0.2, 0.25) is 0 Å². The summed E-state index contributed by atoms with van der Waals surface area (Å²) in [6.07, 6.45) is 8.83. The van der Waals surface area contributed by atoms with E-state index in [9.17, 15) is 14.0 Å². The Balaban J connectivity index is 1.56. The number of carbonyl (C=O) groups excluding carboxylic acids is 2. The summed E-state index contributed by atoms with van der Waals surface area (Å²) in [5.74, 6) is 0.769. The molecule has 178 valence electrons. The summed E-state index contributed by atoms with van der Waals surface area (Å²) in [5, 5.41) is 3.09. The van der Waals surface area contributed by atoms with E-state index in [1.54, 1.807) is 17.8 Å². The first-order valence-corrected chi connectivity index (χ1v) is 13.1. The van der Waals surface area contributed by atoms with Crippen molar-refractivity contribution in [2.24, 2.45) is 5.92 Å². The molecule has 1 saturated carbocycles. The van der Waals surface area contributed by atoms with Crippen molar-refractivity contribution in [3.8, 4) is 11.6 Å². The van der Waals surface area contributed by atoms with Crippen molar-refractivity contribution in [3.05, 3.63) is 47.9 Å². The Bertz CT molecular complexity index is 951. The first-order chi connectivity index (χ1) is 16.0. The van der Waals surface area contributed by atoms with Crippen LogP contribution in [0.25, 0.3) is 0 Å². The predicted molar refractivity (Wildman–Crippen MR) is 130 cm³/mol. The number of rotatable bonds is 11. The molecule has 0 unspecified atom stereocenters. The van der Waals surface area contributed by atoms with Crippen LogP contribution in [0.1, 0.15) is 61.7 Å². The second-order valence-corrected chi connectivity index (χ2v) is 9.60. The number of unbranched alkanes of at least 4 members (excludes halogenated alkanes) is 1. The van der Waals surface area contributed by atoms with E-state index in [2.05, 4.69) is 10.3 Å². The van der Waals surface area contributed by atoms with E-state index in [0.29, 0.717) is 24.5 Å². The van der Waals surface area contributed by atoms with Gasteiger partial charge in [-0.15, -0.1) is 23.4 Å². The molecule has 0 bridgehead atoms. The number of nitrogens with one attached hydrogen (secondary N) is 1. The van der Waals surface area contributed by atoms with Gasteiger partial charge in [0, 0.05) is 29.7 Å². The lowest BCUT2D eigenvalue weighted by molar-refractivity contribution is -0.122. The van der Waals surface area contributed by atoms with E-state index in [1.807, 2.05) is 24.5 Å². The maximum absolute atomic E-state index is 13.9. The average molecular weight is 493 g/mol. The zero-order chi connectivity index (χ0) is 23.6. The SMILES string of the molecule is CSc1cccc(Oc2ncc(F)cc2C(=O)C[C@H]2CC[C@@H](NC(=O)CCCCCl)CC2)c1. The summed E-state index contributed by atoms with van der Waals surface area (Å²) < 4.78 is 19.8. The van der Waals surface area contributed by atoms with Gasteiger partial charge in [0.15, 0.2) is 5.78 Å². The smallest absolute Gasteiger partial charge is 0.230 e. The summed E-state index contributed by atoms with van der Waals surface area (Å²) in [6, 6.07) is 8.81. The lowest BCUT2D eigenvalue weighted by atomic mass is 9.82. The molecule has 3 rings (SSSR count). The number of thioether (sulfide) groups is 1. The number of nitrogens with zero attached hydrogens (tertiary/aromatic N) is 1. The molecule has 1 aromatic carbocycles. The molecule has 1 aliphatic rings. The fourth-order valence-corrected chi connectivity index (χ4v) is 4.68. The average Bonchev–Trinajstić information content (AvgIpc) is 2.81. The molecule has 1 aromatic heterocycles. The van der Waals surface area contributed by atoms with Gasteiger partial charge in [-0.3, -0.25) is 9.59 Å². The minimum atomic E-state index is -0.566. The molecule has 0 aliphatic heterocycles. The number of benzene rings is 1. The summed E-state index contributed by atoms with van der Waals surface area (Å²) in [5.41, 5.74) is 0.166. The number of Topliss-reactive ketones (excluding diaryl/α,β-unsaturated/α-hetero) is 1. The van der Waals surface area contributed by atoms with Crippen molar-refractivity contribution in [1.29, 1.82) is 0 Å². The molecule has 1 heterocycles. The largest absolute Gasteiger partial charge is 0.438 e. The van der Waals surface area contributed by atoms with Crippen LogP contribution in [-0.2, 0) is 4.79 Å². The lowest BCUT2D eigenvalue weighted by Gasteiger charge is -2.29. The van der Waals surface area contributed by atoms with Crippen LogP contribution in [0.15, 0.2) is 41.4 Å². The fraction of sp³-hybridized carbons (Fsp3) is 0.480. The second kappa shape index (κ2) is 12.9. The molecule has 0 radical (unpaired) electrons. The minimum absolute atomic E-state index is 0.0674. The maximum Gasteiger partial charge on any atom is 0.230 e. The first-order valence-electron chi connectivity index (χ1n) is 11.3. The van der Waals surface area contributed by atoms with Gasteiger partial charge in [-0.05, 0) is 75.0 Å². The van der Waals surface area contributed by atoms with Gasteiger partial charge < -0.3 is 10.1 Å². The van der Waals surface area contributed by atoms with Crippen LogP contribution in [0.3, 0.4) is 0 Å². The number of pyridine rings is 1. The molecule has 1 fully saturated rings. The fourth-order valence-electron chi connectivity index (χ4n) is 4.05. The highest BCUT2D eigenvalue weighted by Gasteiger charge is 2.26. The molecule has 2 aromatic rings. The topological polar surface area (TPSA) is 68.3 Å². The van der Waals surface area contributed by atoms with Crippen molar-refractivity contribution < 1.29 is 18.7 Å². The summed E-state index contributed by atoms with van der Waals surface area (Å²) in [4.78, 5) is 30.1. The van der Waals surface area contributed by atoms with Gasteiger partial charge in [-0.1, -0.05) is 6.07 Å². The summed E-state index contributed by atoms with van der Waals surface area (Å²) >= 11 is 7.24. The second-order valence-electron chi connectivity index (χ2n) is 8.35. The van der Waals surface area contributed by atoms with Crippen molar-refractivity contribution in [2.45, 2.75) is 62.3 Å². The van der Waals surface area contributed by atoms with E-state index in [1.165, 1.54) is 6.07 Å². The van der Waals surface area contributed by atoms with Gasteiger partial charge in [-0.2, -0.15) is 0 Å². The number of ether oxygens (including phenoxy) is 1. The molecule has 0 spiro atoms. The van der Waals surface area contributed by atoms with Crippen LogP contribution in [-0.4, -0.2) is 34.9 Å². The van der Waals surface area contributed by atoms with E-state index < -0.39 is 5.82 Å². The number of ketones is 1. The number of hydrogen-bond acceptors (Lipinski definition) is 5. The van der Waals surface area contributed by atoms with Gasteiger partial charge in [-0.25, -0.2) is 9.37 Å². The van der Waals surface area contributed by atoms with Gasteiger partial charge >= 0.3 is 0 Å². The summed E-state index contributed by atoms with van der Waals surface area (Å²) in [7, 11) is 0. The van der Waals surface area contributed by atoms with Gasteiger partial charge in [0.05, 0.1) is 11.8 Å². The molecular weight excluding hydrogens is 463 g/mol. The quantitative estimate of drug-likeness (QED) is 0.170. The highest BCUT2D eigenvalue weighted by Crippen LogP contribution is 2.31. The van der Waals surface area contributed by atoms with Crippen LogP contribution >= 0.6 is 23.4 Å². The molecule has 0 saturated heterocycles. The Morgan fingerprint density at radius 2 is 2.00 bits per heavy atom.